The summed E-state index contributed by atoms with van der Waals surface area (Å²) in [7, 11) is -3.50. The number of nitrogens with zero attached hydrogens (tertiary/aromatic N) is 1. The van der Waals surface area contributed by atoms with Gasteiger partial charge in [0.25, 0.3) is 0 Å². The van der Waals surface area contributed by atoms with Crippen LogP contribution >= 0.6 is 0 Å². The summed E-state index contributed by atoms with van der Waals surface area (Å²) in [4.78, 5) is 10.9. The molecule has 7 nitrogen and oxygen atoms in total. The van der Waals surface area contributed by atoms with Gasteiger partial charge in [0.05, 0.1) is 17.0 Å². The molecule has 0 fully saturated rings. The smallest absolute Gasteiger partial charge is 0.240 e. The van der Waals surface area contributed by atoms with Crippen LogP contribution < -0.4 is 15.9 Å². The first-order valence-corrected chi connectivity index (χ1v) is 7.50. The number of nitrogens with one attached hydrogen (secondary N) is 2. The lowest BCUT2D eigenvalue weighted by molar-refractivity contribution is -0.116. The molecule has 0 aliphatic carbocycles. The van der Waals surface area contributed by atoms with Crippen LogP contribution in [0.2, 0.25) is 0 Å². The highest BCUT2D eigenvalue weighted by atomic mass is 32.2. The predicted octanol–water partition coefficient (Wildman–Crippen LogP) is 0.648. The van der Waals surface area contributed by atoms with Gasteiger partial charge in [-0.05, 0) is 25.1 Å². The lowest BCUT2D eigenvalue weighted by Crippen LogP contribution is -2.23. The minimum Gasteiger partial charge on any atom is -0.369 e. The number of hydrogen-bond acceptors (Lipinski definition) is 5. The molecule has 0 heterocycles. The van der Waals surface area contributed by atoms with Gasteiger partial charge in [0.2, 0.25) is 15.9 Å². The molecule has 0 aliphatic rings. The second-order valence-electron chi connectivity index (χ2n) is 4.13. The Kier molecular flexibility index (Phi) is 5.66. The topological polar surface area (TPSA) is 114 Å². The van der Waals surface area contributed by atoms with E-state index in [9.17, 15) is 13.2 Å². The zero-order valence-corrected chi connectivity index (χ0v) is 12.2. The maximum absolute atomic E-state index is 11.8. The van der Waals surface area contributed by atoms with Crippen LogP contribution in [0.25, 0.3) is 0 Å². The van der Waals surface area contributed by atoms with E-state index < -0.39 is 15.9 Å². The number of carbonyl (C=O) groups excluding carboxylic acids is 1. The lowest BCUT2D eigenvalue weighted by atomic mass is 10.3. The van der Waals surface area contributed by atoms with Gasteiger partial charge in [-0.25, -0.2) is 13.1 Å². The van der Waals surface area contributed by atoms with Crippen LogP contribution in [0.4, 0.5) is 5.69 Å². The van der Waals surface area contributed by atoms with E-state index in [-0.39, 0.29) is 11.3 Å². The van der Waals surface area contributed by atoms with Crippen LogP contribution in [-0.2, 0) is 14.8 Å². The first kappa shape index (κ1) is 16.1. The van der Waals surface area contributed by atoms with Crippen LogP contribution in [0.1, 0.15) is 20.3 Å². The largest absolute Gasteiger partial charge is 0.369 e. The molecule has 4 N–H and O–H groups in total. The van der Waals surface area contributed by atoms with Crippen molar-refractivity contribution in [2.24, 2.45) is 10.8 Å². The quantitative estimate of drug-likeness (QED) is 0.506. The predicted molar refractivity (Wildman–Crippen MR) is 77.8 cm³/mol. The van der Waals surface area contributed by atoms with Gasteiger partial charge in [-0.1, -0.05) is 13.0 Å². The maximum Gasteiger partial charge on any atom is 0.240 e. The average molecular weight is 298 g/mol. The Balaban J connectivity index is 2.87. The maximum atomic E-state index is 11.8. The number of hydrogen-bond donors (Lipinski definition) is 3. The Bertz CT molecular complexity index is 611. The van der Waals surface area contributed by atoms with Crippen molar-refractivity contribution in [1.29, 1.82) is 0 Å². The second-order valence-corrected chi connectivity index (χ2v) is 5.90. The fraction of sp³-hybridized carbons (Fsp3) is 0.333. The number of anilines is 1. The second kappa shape index (κ2) is 7.01. The van der Waals surface area contributed by atoms with Crippen LogP contribution in [0.15, 0.2) is 34.3 Å². The molecule has 0 atom stereocenters. The molecule has 0 unspecified atom stereocenters. The third-order valence-electron chi connectivity index (χ3n) is 2.28. The summed E-state index contributed by atoms with van der Waals surface area (Å²) in [6, 6.07) is 6.22. The fourth-order valence-electron chi connectivity index (χ4n) is 1.46. The molecular formula is C12H18N4O3S. The molecule has 0 spiro atoms. The number of nitrogens with two attached hydrogens (primary N) is 1. The van der Waals surface area contributed by atoms with E-state index in [1.165, 1.54) is 12.1 Å². The average Bonchev–Trinajstić information content (AvgIpc) is 2.36. The SMILES string of the molecule is CCNS(=O)(=O)c1cccc(N/N=C(\C)CC(N)=O)c1. The third kappa shape index (κ3) is 4.98. The van der Waals surface area contributed by atoms with Crippen molar-refractivity contribution in [3.8, 4) is 0 Å². The minimum atomic E-state index is -3.50. The van der Waals surface area contributed by atoms with Gasteiger partial charge < -0.3 is 5.73 Å². The van der Waals surface area contributed by atoms with Gasteiger partial charge in [-0.3, -0.25) is 10.2 Å². The number of sulfonamides is 1. The number of hydrazone groups is 1. The van der Waals surface area contributed by atoms with E-state index in [1.54, 1.807) is 26.0 Å². The Labute approximate surface area is 118 Å². The number of primary amides is 1. The monoisotopic (exact) mass is 298 g/mol. The standard InChI is InChI=1S/C12H18N4O3S/c1-3-14-20(18,19)11-6-4-5-10(8-11)16-15-9(2)7-12(13)17/h4-6,8,14,16H,3,7H2,1-2H3,(H2,13,17)/b15-9+. The Morgan fingerprint density at radius 1 is 1.40 bits per heavy atom. The Morgan fingerprint density at radius 3 is 2.70 bits per heavy atom. The summed E-state index contributed by atoms with van der Waals surface area (Å²) < 4.78 is 26.1. The number of amides is 1. The van der Waals surface area contributed by atoms with Crippen LogP contribution in [0.3, 0.4) is 0 Å². The van der Waals surface area contributed by atoms with Crippen molar-refractivity contribution in [3.63, 3.8) is 0 Å². The Hall–Kier alpha value is -1.93. The Morgan fingerprint density at radius 2 is 2.10 bits per heavy atom. The molecule has 0 aromatic heterocycles. The molecule has 1 aromatic rings. The normalized spacial score (nSPS) is 12.2. The summed E-state index contributed by atoms with van der Waals surface area (Å²) in [6.07, 6.45) is 0.0440. The van der Waals surface area contributed by atoms with Gasteiger partial charge in [-0.2, -0.15) is 5.10 Å². The molecule has 8 heteroatoms. The summed E-state index contributed by atoms with van der Waals surface area (Å²) in [5, 5.41) is 3.95. The summed E-state index contributed by atoms with van der Waals surface area (Å²) >= 11 is 0. The van der Waals surface area contributed by atoms with E-state index in [4.69, 9.17) is 5.73 Å². The molecule has 0 radical (unpaired) electrons. The van der Waals surface area contributed by atoms with Crippen molar-refractivity contribution in [3.05, 3.63) is 24.3 Å². The van der Waals surface area contributed by atoms with Crippen molar-refractivity contribution in [2.75, 3.05) is 12.0 Å². The van der Waals surface area contributed by atoms with Gasteiger partial charge in [0.15, 0.2) is 0 Å². The van der Waals surface area contributed by atoms with E-state index >= 15 is 0 Å². The molecule has 0 bridgehead atoms. The van der Waals surface area contributed by atoms with Gasteiger partial charge in [0.1, 0.15) is 0 Å². The molecule has 20 heavy (non-hydrogen) atoms. The molecule has 0 saturated heterocycles. The minimum absolute atomic E-state index is 0.0440. The molecule has 110 valence electrons. The van der Waals surface area contributed by atoms with E-state index in [0.717, 1.165) is 0 Å². The highest BCUT2D eigenvalue weighted by Gasteiger charge is 2.12. The first-order chi connectivity index (χ1) is 9.35. The first-order valence-electron chi connectivity index (χ1n) is 6.02. The lowest BCUT2D eigenvalue weighted by Gasteiger charge is -2.07. The third-order valence-corrected chi connectivity index (χ3v) is 3.83. The van der Waals surface area contributed by atoms with Crippen molar-refractivity contribution in [2.45, 2.75) is 25.2 Å². The number of rotatable bonds is 7. The number of benzene rings is 1. The van der Waals surface area contributed by atoms with E-state index in [0.29, 0.717) is 17.9 Å². The summed E-state index contributed by atoms with van der Waals surface area (Å²) in [5.41, 5.74) is 8.75. The molecule has 1 amide bonds. The van der Waals surface area contributed by atoms with Crippen LogP contribution in [0, 0.1) is 0 Å². The van der Waals surface area contributed by atoms with Crippen molar-refractivity contribution in [1.82, 2.24) is 4.72 Å². The van der Waals surface area contributed by atoms with Gasteiger partial charge in [0, 0.05) is 12.3 Å². The molecule has 1 rings (SSSR count). The number of carbonyl (C=O) groups is 1. The molecular weight excluding hydrogens is 280 g/mol. The van der Waals surface area contributed by atoms with Gasteiger partial charge in [-0.15, -0.1) is 0 Å². The highest BCUT2D eigenvalue weighted by Crippen LogP contribution is 2.15. The van der Waals surface area contributed by atoms with Crippen LogP contribution in [0.5, 0.6) is 0 Å². The van der Waals surface area contributed by atoms with E-state index in [2.05, 4.69) is 15.2 Å². The van der Waals surface area contributed by atoms with Gasteiger partial charge >= 0.3 is 0 Å². The van der Waals surface area contributed by atoms with Crippen molar-refractivity contribution < 1.29 is 13.2 Å². The molecule has 1 aromatic carbocycles. The van der Waals surface area contributed by atoms with Crippen LogP contribution in [-0.4, -0.2) is 26.6 Å². The fourth-order valence-corrected chi connectivity index (χ4v) is 2.54. The zero-order chi connectivity index (χ0) is 15.2. The van der Waals surface area contributed by atoms with E-state index in [1.807, 2.05) is 0 Å². The summed E-state index contributed by atoms with van der Waals surface area (Å²) in [5.74, 6) is -0.475. The zero-order valence-electron chi connectivity index (χ0n) is 11.4. The molecule has 0 aliphatic heterocycles. The summed E-state index contributed by atoms with van der Waals surface area (Å²) in [6.45, 7) is 3.67. The van der Waals surface area contributed by atoms with Crippen molar-refractivity contribution >= 4 is 27.3 Å². The molecule has 0 saturated carbocycles. The highest BCUT2D eigenvalue weighted by molar-refractivity contribution is 7.89.